The van der Waals surface area contributed by atoms with Crippen LogP contribution in [0.25, 0.3) is 32.0 Å². The molecule has 3 aromatic carbocycles. The Morgan fingerprint density at radius 3 is 1.75 bits per heavy atom. The van der Waals surface area contributed by atoms with Gasteiger partial charge in [0.25, 0.3) is 0 Å². The van der Waals surface area contributed by atoms with Crippen LogP contribution in [-0.2, 0) is 15.6 Å². The number of halogens is 1. The summed E-state index contributed by atoms with van der Waals surface area (Å²) in [7, 11) is 1.40. The van der Waals surface area contributed by atoms with Crippen molar-refractivity contribution in [1.29, 1.82) is 0 Å². The molecule has 186 valence electrons. The number of methoxy groups -OCH3 is 1. The largest absolute Gasteiger partial charge is 0.465 e. The van der Waals surface area contributed by atoms with E-state index in [1.54, 1.807) is 17.4 Å². The highest BCUT2D eigenvalue weighted by atomic mass is 35.5. The Morgan fingerprint density at radius 2 is 1.25 bits per heavy atom. The minimum absolute atomic E-state index is 0.0744. The number of hydrogen-bond acceptors (Lipinski definition) is 3. The average Bonchev–Trinajstić information content (AvgIpc) is 3.28. The lowest BCUT2D eigenvalue weighted by Gasteiger charge is -2.19. The topological polar surface area (TPSA) is 26.3 Å². The Morgan fingerprint density at radius 1 is 0.722 bits per heavy atom. The van der Waals surface area contributed by atoms with Gasteiger partial charge in [-0.1, -0.05) is 108 Å². The van der Waals surface area contributed by atoms with Crippen LogP contribution in [0.15, 0.2) is 72.8 Å². The molecule has 1 aromatic heterocycles. The zero-order valence-corrected chi connectivity index (χ0v) is 23.6. The van der Waals surface area contributed by atoms with Crippen molar-refractivity contribution < 1.29 is 9.53 Å². The maximum absolute atomic E-state index is 12.7. The van der Waals surface area contributed by atoms with Gasteiger partial charge < -0.3 is 4.74 Å². The van der Waals surface area contributed by atoms with Crippen molar-refractivity contribution in [3.05, 3.63) is 94.5 Å². The van der Waals surface area contributed by atoms with E-state index in [9.17, 15) is 4.79 Å². The minimum Gasteiger partial charge on any atom is -0.465 e. The maximum Gasteiger partial charge on any atom is 0.338 e. The Bertz CT molecular complexity index is 1380. The lowest BCUT2D eigenvalue weighted by molar-refractivity contribution is 0.0601. The molecule has 0 atom stereocenters. The molecule has 4 aromatic rings. The van der Waals surface area contributed by atoms with Gasteiger partial charge in [-0.2, -0.15) is 0 Å². The normalized spacial score (nSPS) is 12.0. The van der Waals surface area contributed by atoms with Crippen molar-refractivity contribution in [2.75, 3.05) is 7.11 Å². The van der Waals surface area contributed by atoms with Crippen molar-refractivity contribution in [1.82, 2.24) is 0 Å². The third-order valence-electron chi connectivity index (χ3n) is 6.46. The molecule has 4 rings (SSSR count). The number of thiophene rings is 1. The second kappa shape index (κ2) is 9.88. The molecule has 4 heteroatoms. The molecular formula is C32H33ClO2S. The van der Waals surface area contributed by atoms with Gasteiger partial charge in [-0.25, -0.2) is 4.79 Å². The van der Waals surface area contributed by atoms with Crippen molar-refractivity contribution in [3.63, 3.8) is 0 Å². The molecule has 0 amide bonds. The molecule has 0 N–H and O–H groups in total. The van der Waals surface area contributed by atoms with Crippen molar-refractivity contribution in [3.8, 4) is 32.0 Å². The van der Waals surface area contributed by atoms with Gasteiger partial charge in [0.2, 0.25) is 0 Å². The maximum atomic E-state index is 12.7. The van der Waals surface area contributed by atoms with E-state index in [0.717, 1.165) is 32.0 Å². The second-order valence-corrected chi connectivity index (χ2v) is 12.7. The van der Waals surface area contributed by atoms with Crippen LogP contribution >= 0.6 is 22.9 Å². The SMILES string of the molecule is COC(=O)c1cc(Cl)ccc1-c1cc(-c2ccc(C(C)(C)C)cc2)sc1-c1ccc(C(C)(C)C)cc1. The third-order valence-corrected chi connectivity index (χ3v) is 7.93. The molecule has 0 aliphatic carbocycles. The smallest absolute Gasteiger partial charge is 0.338 e. The fourth-order valence-corrected chi connectivity index (χ4v) is 5.59. The summed E-state index contributed by atoms with van der Waals surface area (Å²) >= 11 is 8.00. The first-order valence-electron chi connectivity index (χ1n) is 12.1. The first kappa shape index (κ1) is 26.2. The molecule has 0 aliphatic heterocycles. The van der Waals surface area contributed by atoms with E-state index in [2.05, 4.69) is 96.1 Å². The summed E-state index contributed by atoms with van der Waals surface area (Å²) in [6, 6.07) is 25.1. The Balaban J connectivity index is 1.91. The summed E-state index contributed by atoms with van der Waals surface area (Å²) in [4.78, 5) is 14.9. The van der Waals surface area contributed by atoms with E-state index < -0.39 is 5.97 Å². The highest BCUT2D eigenvalue weighted by Crippen LogP contribution is 2.45. The van der Waals surface area contributed by atoms with Crippen LogP contribution in [0.4, 0.5) is 0 Å². The summed E-state index contributed by atoms with van der Waals surface area (Å²) in [5.41, 5.74) is 7.29. The summed E-state index contributed by atoms with van der Waals surface area (Å²) in [6.07, 6.45) is 0. The van der Waals surface area contributed by atoms with Crippen LogP contribution in [0.2, 0.25) is 5.02 Å². The van der Waals surface area contributed by atoms with Gasteiger partial charge in [-0.15, -0.1) is 11.3 Å². The van der Waals surface area contributed by atoms with E-state index in [0.29, 0.717) is 10.6 Å². The highest BCUT2D eigenvalue weighted by Gasteiger charge is 2.22. The Kier molecular flexibility index (Phi) is 7.19. The minimum atomic E-state index is -0.399. The fraction of sp³-hybridized carbons (Fsp3) is 0.281. The summed E-state index contributed by atoms with van der Waals surface area (Å²) in [6.45, 7) is 13.3. The van der Waals surface area contributed by atoms with Gasteiger partial charge in [0.05, 0.1) is 12.7 Å². The molecular weight excluding hydrogens is 484 g/mol. The molecule has 1 heterocycles. The molecule has 0 saturated heterocycles. The van der Waals surface area contributed by atoms with Gasteiger partial charge >= 0.3 is 5.97 Å². The third kappa shape index (κ3) is 5.43. The van der Waals surface area contributed by atoms with E-state index in [1.165, 1.54) is 18.2 Å². The van der Waals surface area contributed by atoms with E-state index in [4.69, 9.17) is 16.3 Å². The van der Waals surface area contributed by atoms with E-state index in [-0.39, 0.29) is 10.8 Å². The number of carbonyl (C=O) groups excluding carboxylic acids is 1. The Labute approximate surface area is 223 Å². The van der Waals surface area contributed by atoms with Gasteiger partial charge in [0.15, 0.2) is 0 Å². The average molecular weight is 517 g/mol. The van der Waals surface area contributed by atoms with Gasteiger partial charge in [0.1, 0.15) is 0 Å². The van der Waals surface area contributed by atoms with Crippen molar-refractivity contribution in [2.24, 2.45) is 0 Å². The molecule has 0 fully saturated rings. The van der Waals surface area contributed by atoms with Crippen LogP contribution < -0.4 is 0 Å². The predicted octanol–water partition coefficient (Wildman–Crippen LogP) is 9.78. The fourth-order valence-electron chi connectivity index (χ4n) is 4.23. The van der Waals surface area contributed by atoms with Gasteiger partial charge in [-0.3, -0.25) is 0 Å². The van der Waals surface area contributed by atoms with Crippen LogP contribution in [0, 0.1) is 0 Å². The van der Waals surface area contributed by atoms with E-state index in [1.807, 2.05) is 12.1 Å². The lowest BCUT2D eigenvalue weighted by atomic mass is 9.86. The van der Waals surface area contributed by atoms with E-state index >= 15 is 0 Å². The lowest BCUT2D eigenvalue weighted by Crippen LogP contribution is -2.10. The van der Waals surface area contributed by atoms with Crippen LogP contribution in [0.5, 0.6) is 0 Å². The highest BCUT2D eigenvalue weighted by molar-refractivity contribution is 7.19. The predicted molar refractivity (Wildman–Crippen MR) is 154 cm³/mol. The van der Waals surface area contributed by atoms with Crippen LogP contribution in [0.1, 0.15) is 63.0 Å². The molecule has 2 nitrogen and oxygen atoms in total. The van der Waals surface area contributed by atoms with Crippen LogP contribution in [-0.4, -0.2) is 13.1 Å². The number of esters is 1. The van der Waals surface area contributed by atoms with Crippen molar-refractivity contribution >= 4 is 28.9 Å². The molecule has 36 heavy (non-hydrogen) atoms. The number of ether oxygens (including phenoxy) is 1. The van der Waals surface area contributed by atoms with Gasteiger partial charge in [0, 0.05) is 20.3 Å². The molecule has 0 saturated carbocycles. The number of carbonyl (C=O) groups is 1. The molecule has 0 aliphatic rings. The number of hydrogen-bond donors (Lipinski definition) is 0. The zero-order chi connectivity index (χ0) is 26.3. The summed E-state index contributed by atoms with van der Waals surface area (Å²) < 4.78 is 5.09. The quantitative estimate of drug-likeness (QED) is 0.252. The van der Waals surface area contributed by atoms with Crippen molar-refractivity contribution in [2.45, 2.75) is 52.4 Å². The molecule has 0 spiro atoms. The monoisotopic (exact) mass is 516 g/mol. The summed E-state index contributed by atoms with van der Waals surface area (Å²) in [5.74, 6) is -0.399. The molecule has 0 radical (unpaired) electrons. The number of rotatable bonds is 4. The first-order chi connectivity index (χ1) is 16.9. The van der Waals surface area contributed by atoms with Crippen LogP contribution in [0.3, 0.4) is 0 Å². The molecule has 0 unspecified atom stereocenters. The summed E-state index contributed by atoms with van der Waals surface area (Å²) in [5, 5.41) is 0.503. The second-order valence-electron chi connectivity index (χ2n) is 11.2. The Hall–Kier alpha value is -2.88. The molecule has 0 bridgehead atoms. The van der Waals surface area contributed by atoms with Gasteiger partial charge in [-0.05, 0) is 56.8 Å². The first-order valence-corrected chi connectivity index (χ1v) is 13.3. The standard InChI is InChI=1S/C32H33ClO2S/c1-31(2,3)22-12-8-20(9-13-22)28-19-26(25-17-16-24(33)18-27(25)30(34)35-7)29(36-28)21-10-14-23(15-11-21)32(4,5)6/h8-19H,1-7H3. The number of benzene rings is 3. The zero-order valence-electron chi connectivity index (χ0n) is 22.0.